The Bertz CT molecular complexity index is 203. The highest BCUT2D eigenvalue weighted by molar-refractivity contribution is 5.21. The van der Waals surface area contributed by atoms with E-state index in [4.69, 9.17) is 4.74 Å². The summed E-state index contributed by atoms with van der Waals surface area (Å²) in [6.45, 7) is 7.37. The fourth-order valence-electron chi connectivity index (χ4n) is 1.29. The summed E-state index contributed by atoms with van der Waals surface area (Å²) in [6.07, 6.45) is 11.4. The average molecular weight is 164 g/mol. The minimum absolute atomic E-state index is 0.0464. The molecule has 0 aromatic rings. The lowest BCUT2D eigenvalue weighted by molar-refractivity contribution is 0.0985. The average Bonchev–Trinajstić information content (AvgIpc) is 2.16. The van der Waals surface area contributed by atoms with Crippen LogP contribution in [0.25, 0.3) is 0 Å². The van der Waals surface area contributed by atoms with Crippen LogP contribution in [0.2, 0.25) is 0 Å². The van der Waals surface area contributed by atoms with Crippen LogP contribution in [-0.4, -0.2) is 13.2 Å². The van der Waals surface area contributed by atoms with Gasteiger partial charge in [0.05, 0.1) is 6.61 Å². The molecule has 0 radical (unpaired) electrons. The van der Waals surface area contributed by atoms with Gasteiger partial charge >= 0.3 is 0 Å². The summed E-state index contributed by atoms with van der Waals surface area (Å²) in [5, 5.41) is 0. The van der Waals surface area contributed by atoms with Gasteiger partial charge in [-0.05, 0) is 13.3 Å². The monoisotopic (exact) mass is 164 g/mol. The van der Waals surface area contributed by atoms with Crippen LogP contribution in [0.4, 0.5) is 0 Å². The van der Waals surface area contributed by atoms with Gasteiger partial charge in [-0.15, -0.1) is 6.58 Å². The molecule has 0 heterocycles. The van der Waals surface area contributed by atoms with Crippen LogP contribution in [0.3, 0.4) is 0 Å². The van der Waals surface area contributed by atoms with Gasteiger partial charge in [0, 0.05) is 12.0 Å². The zero-order valence-electron chi connectivity index (χ0n) is 7.62. The lowest BCUT2D eigenvalue weighted by Crippen LogP contribution is -2.22. The fourth-order valence-corrected chi connectivity index (χ4v) is 1.29. The predicted octanol–water partition coefficient (Wildman–Crippen LogP) is 2.71. The minimum atomic E-state index is 0.0464. The normalized spacial score (nSPS) is 27.4. The smallest absolute Gasteiger partial charge is 0.0594 e. The van der Waals surface area contributed by atoms with Gasteiger partial charge in [0.1, 0.15) is 0 Å². The molecule has 0 fully saturated rings. The molecule has 0 N–H and O–H groups in total. The van der Waals surface area contributed by atoms with Crippen LogP contribution in [0.5, 0.6) is 0 Å². The van der Waals surface area contributed by atoms with Gasteiger partial charge < -0.3 is 4.74 Å². The van der Waals surface area contributed by atoms with Crippen LogP contribution in [0, 0.1) is 5.41 Å². The second-order valence-corrected chi connectivity index (χ2v) is 3.07. The molecule has 1 aliphatic rings. The van der Waals surface area contributed by atoms with E-state index in [1.807, 2.05) is 13.0 Å². The fraction of sp³-hybridized carbons (Fsp3) is 0.455. The second-order valence-electron chi connectivity index (χ2n) is 3.07. The van der Waals surface area contributed by atoms with Crippen LogP contribution in [0.1, 0.15) is 13.3 Å². The Balaban J connectivity index is 2.57. The molecule has 1 atom stereocenters. The van der Waals surface area contributed by atoms with Crippen molar-refractivity contribution in [1.29, 1.82) is 0 Å². The highest BCUT2D eigenvalue weighted by Gasteiger charge is 2.22. The van der Waals surface area contributed by atoms with Crippen molar-refractivity contribution in [2.45, 2.75) is 13.3 Å². The van der Waals surface area contributed by atoms with Crippen LogP contribution >= 0.6 is 0 Å². The first-order chi connectivity index (χ1) is 5.83. The van der Waals surface area contributed by atoms with E-state index < -0.39 is 0 Å². The first-order valence-electron chi connectivity index (χ1n) is 4.39. The van der Waals surface area contributed by atoms with E-state index >= 15 is 0 Å². The van der Waals surface area contributed by atoms with Gasteiger partial charge in [0.2, 0.25) is 0 Å². The minimum Gasteiger partial charge on any atom is -0.380 e. The Morgan fingerprint density at radius 2 is 2.42 bits per heavy atom. The zero-order chi connectivity index (χ0) is 8.86. The van der Waals surface area contributed by atoms with E-state index in [1.54, 1.807) is 0 Å². The van der Waals surface area contributed by atoms with Gasteiger partial charge in [0.15, 0.2) is 0 Å². The van der Waals surface area contributed by atoms with E-state index in [0.717, 1.165) is 19.6 Å². The number of hydrogen-bond donors (Lipinski definition) is 0. The van der Waals surface area contributed by atoms with E-state index in [1.165, 1.54) is 0 Å². The van der Waals surface area contributed by atoms with Crippen molar-refractivity contribution in [3.05, 3.63) is 37.0 Å². The summed E-state index contributed by atoms with van der Waals surface area (Å²) >= 11 is 0. The molecule has 1 heteroatoms. The van der Waals surface area contributed by atoms with Crippen LogP contribution in [0.15, 0.2) is 37.0 Å². The molecule has 12 heavy (non-hydrogen) atoms. The molecular weight excluding hydrogens is 148 g/mol. The topological polar surface area (TPSA) is 9.23 Å². The molecular formula is C11H16O. The summed E-state index contributed by atoms with van der Waals surface area (Å²) < 4.78 is 5.41. The molecule has 0 bridgehead atoms. The maximum atomic E-state index is 5.41. The third kappa shape index (κ3) is 2.08. The summed E-state index contributed by atoms with van der Waals surface area (Å²) in [6, 6.07) is 0. The van der Waals surface area contributed by atoms with E-state index in [2.05, 4.69) is 30.9 Å². The Morgan fingerprint density at radius 3 is 2.92 bits per heavy atom. The molecule has 66 valence electrons. The van der Waals surface area contributed by atoms with Gasteiger partial charge in [0.25, 0.3) is 0 Å². The Labute approximate surface area is 74.4 Å². The quantitative estimate of drug-likeness (QED) is 0.580. The third-order valence-electron chi connectivity index (χ3n) is 2.15. The van der Waals surface area contributed by atoms with Crippen molar-refractivity contribution in [3.8, 4) is 0 Å². The molecule has 1 unspecified atom stereocenters. The van der Waals surface area contributed by atoms with E-state index in [0.29, 0.717) is 0 Å². The number of rotatable bonds is 4. The summed E-state index contributed by atoms with van der Waals surface area (Å²) in [4.78, 5) is 0. The number of ether oxygens (including phenoxy) is 1. The Hall–Kier alpha value is -0.820. The standard InChI is InChI=1S/C11H16O/c1-3-11(10-12-4-2)8-6-5-7-9-11/h3,5-8H,1,4,9-10H2,2H3. The van der Waals surface area contributed by atoms with Crippen molar-refractivity contribution in [1.82, 2.24) is 0 Å². The Morgan fingerprint density at radius 1 is 1.58 bits per heavy atom. The van der Waals surface area contributed by atoms with Gasteiger partial charge in [-0.1, -0.05) is 30.4 Å². The van der Waals surface area contributed by atoms with E-state index in [-0.39, 0.29) is 5.41 Å². The second kappa shape index (κ2) is 4.27. The number of allylic oxidation sites excluding steroid dienone is 3. The first kappa shape index (κ1) is 9.27. The maximum Gasteiger partial charge on any atom is 0.0594 e. The van der Waals surface area contributed by atoms with Crippen LogP contribution in [-0.2, 0) is 4.74 Å². The SMILES string of the molecule is C=CC1(COCC)C=CC=CC1. The highest BCUT2D eigenvalue weighted by Crippen LogP contribution is 2.29. The van der Waals surface area contributed by atoms with Gasteiger partial charge in [-0.2, -0.15) is 0 Å². The number of hydrogen-bond acceptors (Lipinski definition) is 1. The molecule has 0 amide bonds. The van der Waals surface area contributed by atoms with Crippen molar-refractivity contribution < 1.29 is 4.74 Å². The molecule has 0 saturated heterocycles. The maximum absolute atomic E-state index is 5.41. The van der Waals surface area contributed by atoms with E-state index in [9.17, 15) is 0 Å². The summed E-state index contributed by atoms with van der Waals surface area (Å²) in [5.74, 6) is 0. The van der Waals surface area contributed by atoms with Gasteiger partial charge in [-0.3, -0.25) is 0 Å². The molecule has 0 aromatic carbocycles. The highest BCUT2D eigenvalue weighted by atomic mass is 16.5. The molecule has 0 aliphatic heterocycles. The van der Waals surface area contributed by atoms with Crippen molar-refractivity contribution >= 4 is 0 Å². The van der Waals surface area contributed by atoms with Crippen LogP contribution < -0.4 is 0 Å². The Kier molecular flexibility index (Phi) is 3.30. The van der Waals surface area contributed by atoms with Crippen molar-refractivity contribution in [3.63, 3.8) is 0 Å². The summed E-state index contributed by atoms with van der Waals surface area (Å²) in [5.41, 5.74) is 0.0464. The molecule has 0 aromatic heterocycles. The molecule has 1 aliphatic carbocycles. The van der Waals surface area contributed by atoms with Crippen molar-refractivity contribution in [2.75, 3.05) is 13.2 Å². The lowest BCUT2D eigenvalue weighted by Gasteiger charge is -2.26. The third-order valence-corrected chi connectivity index (χ3v) is 2.15. The molecule has 1 nitrogen and oxygen atoms in total. The first-order valence-corrected chi connectivity index (χ1v) is 4.39. The van der Waals surface area contributed by atoms with Gasteiger partial charge in [-0.25, -0.2) is 0 Å². The molecule has 0 saturated carbocycles. The molecule has 1 rings (SSSR count). The zero-order valence-corrected chi connectivity index (χ0v) is 7.62. The molecule has 0 spiro atoms. The summed E-state index contributed by atoms with van der Waals surface area (Å²) in [7, 11) is 0. The predicted molar refractivity (Wildman–Crippen MR) is 52.0 cm³/mol. The van der Waals surface area contributed by atoms with Crippen molar-refractivity contribution in [2.24, 2.45) is 5.41 Å². The largest absolute Gasteiger partial charge is 0.380 e. The lowest BCUT2D eigenvalue weighted by atomic mass is 9.83.